The highest BCUT2D eigenvalue weighted by atomic mass is 31.0. The minimum Gasteiger partial charge on any atom is -0.430 e. The van der Waals surface area contributed by atoms with Gasteiger partial charge in [-0.05, 0) is 52.1 Å². The molecule has 1 unspecified atom stereocenters. The van der Waals surface area contributed by atoms with Crippen LogP contribution < -0.4 is 15.4 Å². The lowest BCUT2D eigenvalue weighted by atomic mass is 9.90. The minimum absolute atomic E-state index is 0.0660. The van der Waals surface area contributed by atoms with Crippen LogP contribution in [-0.4, -0.2) is 29.6 Å². The Morgan fingerprint density at radius 1 is 1.32 bits per heavy atom. The second-order valence-electron chi connectivity index (χ2n) is 5.93. The molecule has 132 valence electrons. The molecule has 1 saturated heterocycles. The van der Waals surface area contributed by atoms with Gasteiger partial charge in [-0.25, -0.2) is 4.98 Å². The Balaban J connectivity index is 1.81. The molecular weight excluding hydrogens is 345 g/mol. The van der Waals surface area contributed by atoms with Crippen LogP contribution in [0.15, 0.2) is 36.5 Å². The van der Waals surface area contributed by atoms with E-state index in [1.807, 2.05) is 13.0 Å². The second-order valence-corrected chi connectivity index (χ2v) is 6.61. The molecule has 2 heterocycles. The first-order valence-corrected chi connectivity index (χ1v) is 8.39. The number of aromatic nitrogens is 1. The van der Waals surface area contributed by atoms with Crippen molar-refractivity contribution >= 4 is 26.5 Å². The van der Waals surface area contributed by atoms with E-state index in [0.717, 1.165) is 24.2 Å². The van der Waals surface area contributed by atoms with Crippen LogP contribution in [0.2, 0.25) is 0 Å². The van der Waals surface area contributed by atoms with Crippen molar-refractivity contribution in [3.05, 3.63) is 47.7 Å². The average molecular weight is 364 g/mol. The van der Waals surface area contributed by atoms with Crippen molar-refractivity contribution in [3.63, 3.8) is 0 Å². The summed E-state index contributed by atoms with van der Waals surface area (Å²) in [7, 11) is 1.34. The van der Waals surface area contributed by atoms with Crippen LogP contribution >= 0.6 is 9.24 Å². The maximum absolute atomic E-state index is 12.8. The van der Waals surface area contributed by atoms with Crippen LogP contribution in [0.5, 0.6) is 5.75 Å². The number of anilines is 2. The number of rotatable bonds is 6. The van der Waals surface area contributed by atoms with E-state index in [1.54, 1.807) is 18.3 Å². The number of hydrogen-bond acceptors (Lipinski definition) is 5. The molecule has 1 fully saturated rings. The smallest absolute Gasteiger partial charge is 0.408 e. The normalized spacial score (nSPS) is 14.7. The van der Waals surface area contributed by atoms with Crippen molar-refractivity contribution < 1.29 is 13.5 Å². The summed E-state index contributed by atoms with van der Waals surface area (Å²) in [6.07, 6.45) is 1.68. The lowest BCUT2D eigenvalue weighted by Gasteiger charge is -2.29. The van der Waals surface area contributed by atoms with Crippen LogP contribution in [0.25, 0.3) is 0 Å². The van der Waals surface area contributed by atoms with Crippen molar-refractivity contribution in [1.82, 2.24) is 10.3 Å². The van der Waals surface area contributed by atoms with Gasteiger partial charge in [0.1, 0.15) is 11.6 Å². The summed E-state index contributed by atoms with van der Waals surface area (Å²) in [4.78, 5) is 4.35. The molecule has 0 spiro atoms. The monoisotopic (exact) mass is 364 g/mol. The number of aryl methyl sites for hydroxylation is 1. The van der Waals surface area contributed by atoms with Gasteiger partial charge in [-0.2, -0.15) is 8.78 Å². The third-order valence-electron chi connectivity index (χ3n) is 3.99. The number of nitrogens with zero attached hydrogens (tertiary/aromatic N) is 1. The van der Waals surface area contributed by atoms with Crippen molar-refractivity contribution in [2.45, 2.75) is 12.8 Å². The molecule has 3 rings (SSSR count). The van der Waals surface area contributed by atoms with Crippen LogP contribution in [0.1, 0.15) is 11.1 Å². The van der Waals surface area contributed by atoms with Gasteiger partial charge in [-0.1, -0.05) is 0 Å². The SMILES string of the molecule is Cc1ccnc(Nc2ccc(OC(F)(F)P)cc2)c1C(=N)C1CNC1. The number of halogens is 2. The van der Waals surface area contributed by atoms with Gasteiger partial charge >= 0.3 is 5.85 Å². The zero-order valence-corrected chi connectivity index (χ0v) is 14.8. The highest BCUT2D eigenvalue weighted by Crippen LogP contribution is 2.29. The van der Waals surface area contributed by atoms with Crippen LogP contribution in [0.4, 0.5) is 20.3 Å². The van der Waals surface area contributed by atoms with Gasteiger partial charge in [0.05, 0.1) is 0 Å². The first-order valence-electron chi connectivity index (χ1n) is 7.81. The summed E-state index contributed by atoms with van der Waals surface area (Å²) in [5.41, 5.74) is 2.98. The van der Waals surface area contributed by atoms with Crippen molar-refractivity contribution in [2.24, 2.45) is 5.92 Å². The standard InChI is InChI=1S/C17H19F2N4OP/c1-10-6-7-22-16(14(10)15(20)11-8-21-9-11)23-12-2-4-13(5-3-12)24-17(18,19)25/h2-7,11,20-21H,8-9,25H2,1H3,(H,22,23). The van der Waals surface area contributed by atoms with Crippen molar-refractivity contribution in [3.8, 4) is 5.75 Å². The third kappa shape index (κ3) is 4.30. The van der Waals surface area contributed by atoms with E-state index in [4.69, 9.17) is 5.41 Å². The molecule has 25 heavy (non-hydrogen) atoms. The predicted molar refractivity (Wildman–Crippen MR) is 97.2 cm³/mol. The molecule has 2 aromatic rings. The van der Waals surface area contributed by atoms with Crippen LogP contribution in [-0.2, 0) is 0 Å². The van der Waals surface area contributed by atoms with Crippen molar-refractivity contribution in [2.75, 3.05) is 18.4 Å². The van der Waals surface area contributed by atoms with Crippen LogP contribution in [0, 0.1) is 18.3 Å². The number of alkyl halides is 2. The first-order chi connectivity index (χ1) is 11.8. The number of benzene rings is 1. The first kappa shape index (κ1) is 17.7. The quantitative estimate of drug-likeness (QED) is 0.542. The summed E-state index contributed by atoms with van der Waals surface area (Å²) in [6.45, 7) is 3.53. The molecule has 1 aromatic heterocycles. The molecule has 5 nitrogen and oxygen atoms in total. The molecule has 0 saturated carbocycles. The zero-order chi connectivity index (χ0) is 18.0. The molecule has 0 bridgehead atoms. The Hall–Kier alpha value is -2.11. The average Bonchev–Trinajstić information content (AvgIpc) is 2.46. The molecule has 1 aliphatic rings. The van der Waals surface area contributed by atoms with E-state index < -0.39 is 5.85 Å². The fraction of sp³-hybridized carbons (Fsp3) is 0.294. The molecular formula is C17H19F2N4OP. The molecule has 1 aliphatic heterocycles. The highest BCUT2D eigenvalue weighted by molar-refractivity contribution is 7.17. The summed E-state index contributed by atoms with van der Waals surface area (Å²) in [5, 5.41) is 14.8. The maximum Gasteiger partial charge on any atom is 0.408 e. The van der Waals surface area contributed by atoms with E-state index in [9.17, 15) is 8.78 Å². The van der Waals surface area contributed by atoms with E-state index in [1.165, 1.54) is 21.4 Å². The van der Waals surface area contributed by atoms with Gasteiger partial charge < -0.3 is 20.8 Å². The Morgan fingerprint density at radius 3 is 2.56 bits per heavy atom. The van der Waals surface area contributed by atoms with E-state index in [-0.39, 0.29) is 11.7 Å². The Bertz CT molecular complexity index is 773. The minimum atomic E-state index is -3.30. The van der Waals surface area contributed by atoms with Gasteiger partial charge in [-0.15, -0.1) is 0 Å². The Labute approximate surface area is 146 Å². The molecule has 8 heteroatoms. The van der Waals surface area contributed by atoms with E-state index in [0.29, 0.717) is 17.2 Å². The van der Waals surface area contributed by atoms with Gasteiger partial charge in [0.2, 0.25) is 0 Å². The lowest BCUT2D eigenvalue weighted by Crippen LogP contribution is -2.46. The summed E-state index contributed by atoms with van der Waals surface area (Å²) >= 11 is 0. The molecule has 1 atom stereocenters. The van der Waals surface area contributed by atoms with Gasteiger partial charge in [0.25, 0.3) is 0 Å². The molecule has 0 aliphatic carbocycles. The zero-order valence-electron chi connectivity index (χ0n) is 13.6. The fourth-order valence-corrected chi connectivity index (χ4v) is 2.73. The number of ether oxygens (including phenoxy) is 1. The van der Waals surface area contributed by atoms with Gasteiger partial charge in [0, 0.05) is 42.2 Å². The predicted octanol–water partition coefficient (Wildman–Crippen LogP) is 3.53. The topological polar surface area (TPSA) is 70.0 Å². The molecule has 0 radical (unpaired) electrons. The Kier molecular flexibility index (Phi) is 4.97. The number of pyridine rings is 1. The van der Waals surface area contributed by atoms with Crippen LogP contribution in [0.3, 0.4) is 0 Å². The lowest BCUT2D eigenvalue weighted by molar-refractivity contribution is -0.0892. The third-order valence-corrected chi connectivity index (χ3v) is 4.11. The molecule has 0 amide bonds. The Morgan fingerprint density at radius 2 is 2.00 bits per heavy atom. The fourth-order valence-electron chi connectivity index (χ4n) is 2.59. The summed E-state index contributed by atoms with van der Waals surface area (Å²) in [5.74, 6) is -2.46. The largest absolute Gasteiger partial charge is 0.430 e. The highest BCUT2D eigenvalue weighted by Gasteiger charge is 2.26. The summed E-state index contributed by atoms with van der Waals surface area (Å²) < 4.78 is 30.2. The number of hydrogen-bond donors (Lipinski definition) is 3. The van der Waals surface area contributed by atoms with E-state index in [2.05, 4.69) is 20.4 Å². The van der Waals surface area contributed by atoms with Gasteiger partial charge in [0.15, 0.2) is 0 Å². The maximum atomic E-state index is 12.8. The van der Waals surface area contributed by atoms with Crippen molar-refractivity contribution in [1.29, 1.82) is 5.41 Å². The van der Waals surface area contributed by atoms with Gasteiger partial charge in [-0.3, -0.25) is 0 Å². The summed E-state index contributed by atoms with van der Waals surface area (Å²) in [6, 6.07) is 8.05. The molecule has 3 N–H and O–H groups in total. The second kappa shape index (κ2) is 7.02. The number of nitrogens with one attached hydrogen (secondary N) is 3. The molecule has 1 aromatic carbocycles. The van der Waals surface area contributed by atoms with E-state index >= 15 is 0 Å².